The number of benzene rings is 3. The second-order valence-electron chi connectivity index (χ2n) is 5.71. The van der Waals surface area contributed by atoms with Crippen molar-refractivity contribution in [2.75, 3.05) is 0 Å². The maximum Gasteiger partial charge on any atom is 0.340 e. The number of hydrogen-bond donors (Lipinski definition) is 2. The summed E-state index contributed by atoms with van der Waals surface area (Å²) in [5, 5.41) is 25.7. The number of phenols is 2. The van der Waals surface area contributed by atoms with Gasteiger partial charge in [0, 0.05) is 40.3 Å². The summed E-state index contributed by atoms with van der Waals surface area (Å²) in [7, 11) is 0. The van der Waals surface area contributed by atoms with Crippen LogP contribution in [0.1, 0.15) is 27.0 Å². The molecular weight excluding hydrogens is 394 g/mol. The van der Waals surface area contributed by atoms with E-state index in [0.29, 0.717) is 5.56 Å². The van der Waals surface area contributed by atoms with Crippen LogP contribution in [-0.4, -0.2) is 16.2 Å². The number of fused-ring (bicyclic) bond motifs is 1. The van der Waals surface area contributed by atoms with E-state index in [-0.39, 0.29) is 28.6 Å². The number of cyclic esters (lactones) is 1. The summed E-state index contributed by atoms with van der Waals surface area (Å²) in [6, 6.07) is 20.4. The first-order valence-corrected chi connectivity index (χ1v) is 7.79. The van der Waals surface area contributed by atoms with E-state index < -0.39 is 11.6 Å². The minimum atomic E-state index is -1.10. The molecule has 2 N–H and O–H groups in total. The molecule has 4 rings (SSSR count). The third-order valence-electron chi connectivity index (χ3n) is 4.32. The van der Waals surface area contributed by atoms with Crippen LogP contribution in [0.25, 0.3) is 0 Å². The summed E-state index contributed by atoms with van der Waals surface area (Å²) in [6.07, 6.45) is 0. The Morgan fingerprint density at radius 1 is 0.778 bits per heavy atom. The van der Waals surface area contributed by atoms with Crippen molar-refractivity contribution in [2.24, 2.45) is 0 Å². The SMILES string of the molecule is C#N.O=C1OC(c2ccc(O)cc2)(c2ccc(O)cc2)c2ccccc21.[Cu]. The Hall–Kier alpha value is -3.26. The Kier molecular flexibility index (Phi) is 5.91. The van der Waals surface area contributed by atoms with Gasteiger partial charge in [0.15, 0.2) is 5.60 Å². The van der Waals surface area contributed by atoms with Crippen LogP contribution < -0.4 is 0 Å². The predicted octanol–water partition coefficient (Wildman–Crippen LogP) is 3.70. The van der Waals surface area contributed by atoms with Gasteiger partial charge in [0.1, 0.15) is 11.5 Å². The van der Waals surface area contributed by atoms with Gasteiger partial charge in [-0.15, -0.1) is 0 Å². The molecule has 1 aliphatic heterocycles. The van der Waals surface area contributed by atoms with Crippen molar-refractivity contribution in [1.82, 2.24) is 0 Å². The molecule has 1 heterocycles. The number of rotatable bonds is 2. The molecule has 3 aromatic carbocycles. The van der Waals surface area contributed by atoms with Crippen molar-refractivity contribution < 1.29 is 36.8 Å². The smallest absolute Gasteiger partial charge is 0.340 e. The molecular formula is C21H15CuNO4. The zero-order valence-electron chi connectivity index (χ0n) is 14.0. The third-order valence-corrected chi connectivity index (χ3v) is 4.32. The minimum Gasteiger partial charge on any atom is -0.508 e. The molecule has 0 saturated carbocycles. The third kappa shape index (κ3) is 3.26. The molecule has 3 aromatic rings. The van der Waals surface area contributed by atoms with E-state index in [1.54, 1.807) is 60.7 Å². The number of aromatic hydroxyl groups is 2. The van der Waals surface area contributed by atoms with Gasteiger partial charge in [-0.05, 0) is 30.3 Å². The molecule has 5 nitrogen and oxygen atoms in total. The predicted molar refractivity (Wildman–Crippen MR) is 94.6 cm³/mol. The quantitative estimate of drug-likeness (QED) is 0.498. The molecule has 0 aliphatic carbocycles. The Balaban J connectivity index is 0.000000844. The standard InChI is InChI=1S/C20H14O4.CHN.Cu/c21-15-9-5-13(6-10-15)20(14-7-11-16(22)12-8-14)18-4-2-1-3-17(18)19(23)24-20;1-2;/h1-12,21-22H;1H;. The number of hydrogen-bond acceptors (Lipinski definition) is 5. The summed E-state index contributed by atoms with van der Waals surface area (Å²) in [6.45, 7) is 3.50. The van der Waals surface area contributed by atoms with E-state index in [1.165, 1.54) is 0 Å². The molecule has 6 heteroatoms. The van der Waals surface area contributed by atoms with Crippen LogP contribution >= 0.6 is 0 Å². The van der Waals surface area contributed by atoms with Crippen LogP contribution in [0.4, 0.5) is 0 Å². The number of carbonyl (C=O) groups is 1. The summed E-state index contributed by atoms with van der Waals surface area (Å²) < 4.78 is 5.87. The molecule has 0 fully saturated rings. The van der Waals surface area contributed by atoms with E-state index in [2.05, 4.69) is 6.57 Å². The van der Waals surface area contributed by atoms with Gasteiger partial charge < -0.3 is 14.9 Å². The van der Waals surface area contributed by atoms with Crippen LogP contribution in [0.3, 0.4) is 0 Å². The molecule has 0 saturated heterocycles. The van der Waals surface area contributed by atoms with Crippen molar-refractivity contribution in [3.05, 3.63) is 95.1 Å². The molecule has 1 radical (unpaired) electrons. The van der Waals surface area contributed by atoms with Crippen LogP contribution in [0.5, 0.6) is 11.5 Å². The fourth-order valence-electron chi connectivity index (χ4n) is 3.20. The summed E-state index contributed by atoms with van der Waals surface area (Å²) in [5.74, 6) is -0.124. The van der Waals surface area contributed by atoms with E-state index in [9.17, 15) is 15.0 Å². The summed E-state index contributed by atoms with van der Waals surface area (Å²) >= 11 is 0. The molecule has 0 spiro atoms. The Labute approximate surface area is 166 Å². The number of phenolic OH excluding ortho intramolecular Hbond substituents is 2. The number of esters is 1. The second kappa shape index (κ2) is 7.96. The second-order valence-corrected chi connectivity index (χ2v) is 5.71. The maximum absolute atomic E-state index is 12.4. The van der Waals surface area contributed by atoms with Crippen molar-refractivity contribution in [2.45, 2.75) is 5.60 Å². The molecule has 0 amide bonds. The molecule has 27 heavy (non-hydrogen) atoms. The van der Waals surface area contributed by atoms with Gasteiger partial charge in [-0.2, -0.15) is 0 Å². The number of nitrogens with zero attached hydrogens (tertiary/aromatic N) is 1. The first kappa shape index (κ1) is 20.1. The summed E-state index contributed by atoms with van der Waals surface area (Å²) in [5.41, 5.74) is 1.60. The van der Waals surface area contributed by atoms with Crippen LogP contribution in [0.15, 0.2) is 72.8 Å². The number of ether oxygens (including phenoxy) is 1. The molecule has 0 unspecified atom stereocenters. The monoisotopic (exact) mass is 408 g/mol. The topological polar surface area (TPSA) is 90.6 Å². The minimum absolute atomic E-state index is 0. The van der Waals surface area contributed by atoms with Gasteiger partial charge in [0.2, 0.25) is 0 Å². The van der Waals surface area contributed by atoms with Gasteiger partial charge in [-0.25, -0.2) is 10.1 Å². The van der Waals surface area contributed by atoms with E-state index >= 15 is 0 Å². The fraction of sp³-hybridized carbons (Fsp3) is 0.0476. The van der Waals surface area contributed by atoms with Crippen LogP contribution in [0.2, 0.25) is 0 Å². The normalized spacial score (nSPS) is 13.3. The van der Waals surface area contributed by atoms with Gasteiger partial charge >= 0.3 is 5.97 Å². The fourth-order valence-corrected chi connectivity index (χ4v) is 3.20. The van der Waals surface area contributed by atoms with Crippen molar-refractivity contribution in [1.29, 1.82) is 5.26 Å². The Bertz CT molecular complexity index is 920. The van der Waals surface area contributed by atoms with Gasteiger partial charge in [0.25, 0.3) is 0 Å². The largest absolute Gasteiger partial charge is 0.508 e. The average molecular weight is 409 g/mol. The number of carbonyl (C=O) groups excluding carboxylic acids is 1. The molecule has 139 valence electrons. The molecule has 0 atom stereocenters. The van der Waals surface area contributed by atoms with E-state index in [0.717, 1.165) is 16.7 Å². The van der Waals surface area contributed by atoms with Gasteiger partial charge in [0.05, 0.1) is 5.56 Å². The van der Waals surface area contributed by atoms with Crippen molar-refractivity contribution >= 4 is 5.97 Å². The molecule has 1 aliphatic rings. The van der Waals surface area contributed by atoms with Crippen molar-refractivity contribution in [3.8, 4) is 18.1 Å². The van der Waals surface area contributed by atoms with Crippen LogP contribution in [0, 0.1) is 11.8 Å². The van der Waals surface area contributed by atoms with E-state index in [1.807, 2.05) is 12.1 Å². The number of nitriles is 1. The zero-order valence-corrected chi connectivity index (χ0v) is 14.9. The first-order valence-electron chi connectivity index (χ1n) is 7.79. The van der Waals surface area contributed by atoms with Crippen LogP contribution in [-0.2, 0) is 27.4 Å². The van der Waals surface area contributed by atoms with Gasteiger partial charge in [-0.3, -0.25) is 0 Å². The van der Waals surface area contributed by atoms with Crippen molar-refractivity contribution in [3.63, 3.8) is 0 Å². The Morgan fingerprint density at radius 3 is 1.70 bits per heavy atom. The first-order chi connectivity index (χ1) is 12.6. The van der Waals surface area contributed by atoms with E-state index in [4.69, 9.17) is 10.00 Å². The van der Waals surface area contributed by atoms with Gasteiger partial charge in [-0.1, -0.05) is 42.5 Å². The average Bonchev–Trinajstić information content (AvgIpc) is 2.99. The Morgan fingerprint density at radius 2 is 1.22 bits per heavy atom. The molecule has 0 bridgehead atoms. The zero-order chi connectivity index (χ0) is 18.7. The maximum atomic E-state index is 12.4. The molecule has 0 aromatic heterocycles. The summed E-state index contributed by atoms with van der Waals surface area (Å²) in [4.78, 5) is 12.4.